The van der Waals surface area contributed by atoms with Gasteiger partial charge in [0.15, 0.2) is 10.9 Å². The summed E-state index contributed by atoms with van der Waals surface area (Å²) in [5.41, 5.74) is 1.09. The van der Waals surface area contributed by atoms with Gasteiger partial charge in [0, 0.05) is 22.9 Å². The normalized spacial score (nSPS) is 10.9. The van der Waals surface area contributed by atoms with Crippen molar-refractivity contribution in [2.24, 2.45) is 0 Å². The first-order valence-corrected chi connectivity index (χ1v) is 9.20. The highest BCUT2D eigenvalue weighted by Crippen LogP contribution is 2.31. The van der Waals surface area contributed by atoms with Crippen molar-refractivity contribution in [1.29, 1.82) is 0 Å². The molecule has 0 saturated heterocycles. The van der Waals surface area contributed by atoms with Gasteiger partial charge < -0.3 is 0 Å². The summed E-state index contributed by atoms with van der Waals surface area (Å²) in [6.45, 7) is 1.34. The van der Waals surface area contributed by atoms with Crippen LogP contribution in [0.4, 0.5) is 15.2 Å². The first kappa shape index (κ1) is 18.9. The Balaban J connectivity index is 1.84. The molecule has 0 radical (unpaired) electrons. The van der Waals surface area contributed by atoms with Crippen LogP contribution >= 0.6 is 22.9 Å². The third-order valence-electron chi connectivity index (χ3n) is 3.62. The van der Waals surface area contributed by atoms with Gasteiger partial charge in [0.1, 0.15) is 5.82 Å². The van der Waals surface area contributed by atoms with Crippen LogP contribution in [0, 0.1) is 5.82 Å². The van der Waals surface area contributed by atoms with E-state index in [1.54, 1.807) is 47.9 Å². The molecule has 0 bridgehead atoms. The molecule has 1 amide bonds. The van der Waals surface area contributed by atoms with Gasteiger partial charge in [0.05, 0.1) is 11.4 Å². The highest BCUT2D eigenvalue weighted by molar-refractivity contribution is 7.14. The van der Waals surface area contributed by atoms with E-state index in [2.05, 4.69) is 4.98 Å². The number of thiazole rings is 1. The van der Waals surface area contributed by atoms with Crippen molar-refractivity contribution < 1.29 is 14.0 Å². The molecule has 4 nitrogen and oxygen atoms in total. The zero-order valence-electron chi connectivity index (χ0n) is 14.2. The van der Waals surface area contributed by atoms with Gasteiger partial charge in [-0.3, -0.25) is 14.5 Å². The Morgan fingerprint density at radius 2 is 1.96 bits per heavy atom. The molecule has 27 heavy (non-hydrogen) atoms. The fourth-order valence-corrected chi connectivity index (χ4v) is 3.43. The number of amides is 1. The predicted molar refractivity (Wildman–Crippen MR) is 106 cm³/mol. The van der Waals surface area contributed by atoms with Crippen LogP contribution in [0.15, 0.2) is 60.0 Å². The number of allylic oxidation sites excluding steroid dienone is 1. The standard InChI is InChI=1S/C20H14ClFN2O2S/c1-13(25)24(18-8-3-2-7-17(18)22)20-23-16(12-27-20)9-10-19(26)14-5-4-6-15(21)11-14/h2-12H,1H3/b10-9+. The van der Waals surface area contributed by atoms with Crippen molar-refractivity contribution in [3.8, 4) is 0 Å². The first-order chi connectivity index (χ1) is 13.0. The number of carbonyl (C=O) groups is 2. The van der Waals surface area contributed by atoms with Crippen molar-refractivity contribution in [1.82, 2.24) is 4.98 Å². The summed E-state index contributed by atoms with van der Waals surface area (Å²) in [6, 6.07) is 12.6. The second-order valence-electron chi connectivity index (χ2n) is 5.57. The van der Waals surface area contributed by atoms with Gasteiger partial charge in [-0.2, -0.15) is 0 Å². The molecule has 3 aromatic rings. The predicted octanol–water partition coefficient (Wildman–Crippen LogP) is 5.52. The van der Waals surface area contributed by atoms with Gasteiger partial charge in [-0.15, -0.1) is 11.3 Å². The lowest BCUT2D eigenvalue weighted by Crippen LogP contribution is -2.23. The largest absolute Gasteiger partial charge is 0.289 e. The molecule has 0 aliphatic carbocycles. The van der Waals surface area contributed by atoms with Crippen LogP contribution in [0.25, 0.3) is 6.08 Å². The molecule has 0 atom stereocenters. The molecule has 0 N–H and O–H groups in total. The number of aromatic nitrogens is 1. The number of halogens is 2. The minimum Gasteiger partial charge on any atom is -0.289 e. The van der Waals surface area contributed by atoms with Crippen molar-refractivity contribution in [2.45, 2.75) is 6.92 Å². The topological polar surface area (TPSA) is 50.3 Å². The fourth-order valence-electron chi connectivity index (χ4n) is 2.39. The average Bonchev–Trinajstić information content (AvgIpc) is 3.09. The number of nitrogens with zero attached hydrogens (tertiary/aromatic N) is 2. The van der Waals surface area contributed by atoms with Crippen LogP contribution in [-0.4, -0.2) is 16.7 Å². The van der Waals surface area contributed by atoms with E-state index in [-0.39, 0.29) is 17.4 Å². The molecule has 0 fully saturated rings. The Labute approximate surface area is 164 Å². The number of para-hydroxylation sites is 1. The lowest BCUT2D eigenvalue weighted by atomic mass is 10.1. The maximum atomic E-state index is 14.1. The number of rotatable bonds is 5. The van der Waals surface area contributed by atoms with Crippen LogP contribution in [-0.2, 0) is 4.79 Å². The molecule has 1 aromatic heterocycles. The van der Waals surface area contributed by atoms with Crippen molar-refractivity contribution in [3.63, 3.8) is 0 Å². The van der Waals surface area contributed by atoms with Gasteiger partial charge in [-0.1, -0.05) is 35.9 Å². The molecule has 7 heteroatoms. The summed E-state index contributed by atoms with van der Waals surface area (Å²) >= 11 is 7.07. The Kier molecular flexibility index (Phi) is 5.78. The Morgan fingerprint density at radius 1 is 1.19 bits per heavy atom. The third kappa shape index (κ3) is 4.48. The summed E-state index contributed by atoms with van der Waals surface area (Å²) in [6.07, 6.45) is 2.93. The maximum absolute atomic E-state index is 14.1. The quantitative estimate of drug-likeness (QED) is 0.418. The Morgan fingerprint density at radius 3 is 2.67 bits per heavy atom. The van der Waals surface area contributed by atoms with E-state index in [0.29, 0.717) is 21.4 Å². The fraction of sp³-hybridized carbons (Fsp3) is 0.0500. The number of hydrogen-bond acceptors (Lipinski definition) is 4. The summed E-state index contributed by atoms with van der Waals surface area (Å²) in [5.74, 6) is -1.10. The molecule has 0 unspecified atom stereocenters. The van der Waals surface area contributed by atoms with Gasteiger partial charge in [0.2, 0.25) is 5.91 Å². The molecule has 0 saturated carbocycles. The lowest BCUT2D eigenvalue weighted by Gasteiger charge is -2.18. The second-order valence-corrected chi connectivity index (χ2v) is 6.84. The Bertz CT molecular complexity index is 1030. The van der Waals surface area contributed by atoms with Crippen LogP contribution in [0.2, 0.25) is 5.02 Å². The number of anilines is 2. The van der Waals surface area contributed by atoms with Gasteiger partial charge in [-0.05, 0) is 36.4 Å². The van der Waals surface area contributed by atoms with Gasteiger partial charge in [0.25, 0.3) is 0 Å². The van der Waals surface area contributed by atoms with E-state index >= 15 is 0 Å². The highest BCUT2D eigenvalue weighted by atomic mass is 35.5. The van der Waals surface area contributed by atoms with E-state index in [4.69, 9.17) is 11.6 Å². The molecule has 0 aliphatic heterocycles. The lowest BCUT2D eigenvalue weighted by molar-refractivity contribution is -0.115. The number of carbonyl (C=O) groups excluding carboxylic acids is 2. The summed E-state index contributed by atoms with van der Waals surface area (Å²) < 4.78 is 14.1. The number of benzene rings is 2. The van der Waals surface area contributed by atoms with Crippen LogP contribution in [0.5, 0.6) is 0 Å². The van der Waals surface area contributed by atoms with Crippen LogP contribution in [0.3, 0.4) is 0 Å². The molecule has 3 rings (SSSR count). The van der Waals surface area contributed by atoms with E-state index in [1.165, 1.54) is 41.4 Å². The van der Waals surface area contributed by atoms with Gasteiger partial charge in [-0.25, -0.2) is 9.37 Å². The maximum Gasteiger partial charge on any atom is 0.230 e. The van der Waals surface area contributed by atoms with Gasteiger partial charge >= 0.3 is 0 Å². The molecular weight excluding hydrogens is 387 g/mol. The smallest absolute Gasteiger partial charge is 0.230 e. The Hall–Kier alpha value is -2.83. The number of hydrogen-bond donors (Lipinski definition) is 0. The molecule has 136 valence electrons. The highest BCUT2D eigenvalue weighted by Gasteiger charge is 2.20. The summed E-state index contributed by atoms with van der Waals surface area (Å²) in [4.78, 5) is 29.8. The number of ketones is 1. The monoisotopic (exact) mass is 400 g/mol. The molecule has 1 heterocycles. The zero-order valence-corrected chi connectivity index (χ0v) is 15.8. The minimum atomic E-state index is -0.517. The molecule has 0 aliphatic rings. The zero-order chi connectivity index (χ0) is 19.4. The molecule has 2 aromatic carbocycles. The van der Waals surface area contributed by atoms with Crippen LogP contribution < -0.4 is 4.90 Å². The van der Waals surface area contributed by atoms with E-state index in [1.807, 2.05) is 0 Å². The van der Waals surface area contributed by atoms with E-state index in [0.717, 1.165) is 0 Å². The molecular formula is C20H14ClFN2O2S. The summed E-state index contributed by atoms with van der Waals surface area (Å²) in [5, 5.41) is 2.49. The summed E-state index contributed by atoms with van der Waals surface area (Å²) in [7, 11) is 0. The average molecular weight is 401 g/mol. The van der Waals surface area contributed by atoms with E-state index < -0.39 is 5.82 Å². The van der Waals surface area contributed by atoms with Crippen molar-refractivity contribution in [3.05, 3.63) is 82.1 Å². The van der Waals surface area contributed by atoms with E-state index in [9.17, 15) is 14.0 Å². The second kappa shape index (κ2) is 8.24. The third-order valence-corrected chi connectivity index (χ3v) is 4.70. The first-order valence-electron chi connectivity index (χ1n) is 7.94. The molecule has 0 spiro atoms. The SMILES string of the molecule is CC(=O)N(c1nc(/C=C/C(=O)c2cccc(Cl)c2)cs1)c1ccccc1F. The van der Waals surface area contributed by atoms with Crippen LogP contribution in [0.1, 0.15) is 23.0 Å². The van der Waals surface area contributed by atoms with Crippen molar-refractivity contribution in [2.75, 3.05) is 4.90 Å². The van der Waals surface area contributed by atoms with Crippen molar-refractivity contribution >= 4 is 51.5 Å². The minimum absolute atomic E-state index is 0.130.